The van der Waals surface area contributed by atoms with Crippen molar-refractivity contribution >= 4 is 35.4 Å². The maximum atomic E-state index is 15.6. The lowest BCUT2D eigenvalue weighted by molar-refractivity contribution is 0.0427. The van der Waals surface area contributed by atoms with Gasteiger partial charge in [0.1, 0.15) is 23.5 Å². The summed E-state index contributed by atoms with van der Waals surface area (Å²) < 4.78 is 53.8. The first-order valence-electron chi connectivity index (χ1n) is 14.4. The normalized spacial score (nSPS) is 13.2. The molecule has 0 fully saturated rings. The summed E-state index contributed by atoms with van der Waals surface area (Å²) in [5.74, 6) is -0.845. The van der Waals surface area contributed by atoms with Gasteiger partial charge < -0.3 is 18.9 Å². The van der Waals surface area contributed by atoms with Crippen LogP contribution in [-0.2, 0) is 9.47 Å². The third-order valence-electron chi connectivity index (χ3n) is 6.05. The predicted octanol–water partition coefficient (Wildman–Crippen LogP) is 7.84. The number of anilines is 1. The number of hydrogen-bond acceptors (Lipinski definition) is 9. The largest absolute Gasteiger partial charge is 0.490 e. The third-order valence-corrected chi connectivity index (χ3v) is 6.29. The molecule has 0 radical (unpaired) electrons. The molecule has 1 unspecified atom stereocenters. The Bertz CT molecular complexity index is 1690. The molecule has 2 amide bonds. The van der Waals surface area contributed by atoms with Crippen LogP contribution in [0.15, 0.2) is 54.9 Å². The van der Waals surface area contributed by atoms with E-state index in [1.807, 2.05) is 0 Å². The second-order valence-corrected chi connectivity index (χ2v) is 13.1. The number of imide groups is 1. The number of fused-ring (bicyclic) bond motifs is 1. The van der Waals surface area contributed by atoms with Gasteiger partial charge >= 0.3 is 12.2 Å². The van der Waals surface area contributed by atoms with Crippen LogP contribution in [0, 0.1) is 5.82 Å². The Balaban J connectivity index is 1.51. The molecule has 0 saturated heterocycles. The van der Waals surface area contributed by atoms with Gasteiger partial charge in [0, 0.05) is 35.5 Å². The Hall–Kier alpha value is -4.52. The van der Waals surface area contributed by atoms with Crippen LogP contribution in [0.2, 0.25) is 5.02 Å². The van der Waals surface area contributed by atoms with Gasteiger partial charge in [-0.3, -0.25) is 0 Å². The zero-order chi connectivity index (χ0) is 33.9. The molecule has 0 saturated carbocycles. The number of benzene rings is 1. The maximum Gasteiger partial charge on any atom is 0.427 e. The standard InChI is InChI=1S/C32H36ClF2N5O6/c1-30(2,3)45-28(41)40(29(42)46-31(4,5)6)27-37-24-17-20(12-15-39(24)38-27)22-9-8-10-23(26(22)34)43-16-13-32(7,35)19-44-25-18-21(33)11-14-36-25/h8-12,14-15,17-18H,13,16,19H2,1-7H3. The summed E-state index contributed by atoms with van der Waals surface area (Å²) in [5.41, 5.74) is -2.83. The van der Waals surface area contributed by atoms with Crippen molar-refractivity contribution in [1.82, 2.24) is 19.6 Å². The van der Waals surface area contributed by atoms with Crippen LogP contribution in [0.5, 0.6) is 11.6 Å². The monoisotopic (exact) mass is 659 g/mol. The van der Waals surface area contributed by atoms with Crippen LogP contribution in [0.3, 0.4) is 0 Å². The maximum absolute atomic E-state index is 15.6. The van der Waals surface area contributed by atoms with Gasteiger partial charge in [0.15, 0.2) is 17.2 Å². The van der Waals surface area contributed by atoms with E-state index in [0.29, 0.717) is 15.5 Å². The van der Waals surface area contributed by atoms with Gasteiger partial charge in [-0.05, 0) is 78.3 Å². The molecule has 0 aliphatic heterocycles. The van der Waals surface area contributed by atoms with E-state index >= 15 is 8.78 Å². The molecular weight excluding hydrogens is 624 g/mol. The van der Waals surface area contributed by atoms with Crippen LogP contribution in [0.4, 0.5) is 24.3 Å². The molecule has 0 aliphatic rings. The number of halogens is 3. The fourth-order valence-electron chi connectivity index (χ4n) is 3.96. The van der Waals surface area contributed by atoms with E-state index in [-0.39, 0.29) is 48.4 Å². The Morgan fingerprint density at radius 1 is 0.957 bits per heavy atom. The Kier molecular flexibility index (Phi) is 10.0. The lowest BCUT2D eigenvalue weighted by Crippen LogP contribution is -2.44. The van der Waals surface area contributed by atoms with Crippen molar-refractivity contribution in [3.8, 4) is 22.8 Å². The van der Waals surface area contributed by atoms with E-state index in [4.69, 9.17) is 30.5 Å². The van der Waals surface area contributed by atoms with E-state index in [1.54, 1.807) is 65.8 Å². The number of carbonyl (C=O) groups is 2. The lowest BCUT2D eigenvalue weighted by atomic mass is 10.1. The van der Waals surface area contributed by atoms with Crippen LogP contribution < -0.4 is 14.4 Å². The van der Waals surface area contributed by atoms with E-state index in [2.05, 4.69) is 15.1 Å². The predicted molar refractivity (Wildman–Crippen MR) is 168 cm³/mol. The first kappa shape index (κ1) is 34.4. The highest BCUT2D eigenvalue weighted by atomic mass is 35.5. The quantitative estimate of drug-likeness (QED) is 0.177. The minimum absolute atomic E-state index is 0.0752. The molecule has 46 heavy (non-hydrogen) atoms. The van der Waals surface area contributed by atoms with Gasteiger partial charge in [-0.1, -0.05) is 23.7 Å². The molecule has 0 bridgehead atoms. The smallest absolute Gasteiger partial charge is 0.427 e. The molecule has 0 aliphatic carbocycles. The molecule has 3 heterocycles. The van der Waals surface area contributed by atoms with Gasteiger partial charge in [-0.25, -0.2) is 27.9 Å². The van der Waals surface area contributed by atoms with Crippen molar-refractivity contribution in [2.75, 3.05) is 18.1 Å². The first-order valence-corrected chi connectivity index (χ1v) is 14.8. The molecular formula is C32H36ClF2N5O6. The van der Waals surface area contributed by atoms with E-state index in [0.717, 1.165) is 0 Å². The molecule has 4 aromatic rings. The molecule has 4 rings (SSSR count). The first-order chi connectivity index (χ1) is 21.4. The lowest BCUT2D eigenvalue weighted by Gasteiger charge is -2.26. The van der Waals surface area contributed by atoms with E-state index in [1.165, 1.54) is 42.0 Å². The van der Waals surface area contributed by atoms with Gasteiger partial charge in [0.05, 0.1) is 6.61 Å². The number of carbonyl (C=O) groups excluding carboxylic acids is 2. The van der Waals surface area contributed by atoms with Crippen LogP contribution in [0.25, 0.3) is 16.8 Å². The zero-order valence-corrected chi connectivity index (χ0v) is 27.4. The SMILES string of the molecule is CC(F)(CCOc1cccc(-c2ccn3nc(N(C(=O)OC(C)(C)C)C(=O)OC(C)(C)C)nc3c2)c1F)COc1cc(Cl)ccn1. The van der Waals surface area contributed by atoms with Gasteiger partial charge in [-0.2, -0.15) is 4.98 Å². The number of amides is 2. The third kappa shape index (κ3) is 9.25. The van der Waals surface area contributed by atoms with Crippen molar-refractivity contribution in [3.05, 3.63) is 65.7 Å². The van der Waals surface area contributed by atoms with Crippen LogP contribution >= 0.6 is 11.6 Å². The minimum atomic E-state index is -1.79. The van der Waals surface area contributed by atoms with Crippen molar-refractivity contribution < 1.29 is 37.3 Å². The second-order valence-electron chi connectivity index (χ2n) is 12.7. The Morgan fingerprint density at radius 3 is 2.26 bits per heavy atom. The molecule has 1 atom stereocenters. The number of alkyl halides is 1. The summed E-state index contributed by atoms with van der Waals surface area (Å²) in [5, 5.41) is 4.66. The van der Waals surface area contributed by atoms with Crippen molar-refractivity contribution in [3.63, 3.8) is 0 Å². The van der Waals surface area contributed by atoms with Gasteiger partial charge in [0.25, 0.3) is 5.95 Å². The molecule has 0 N–H and O–H groups in total. The van der Waals surface area contributed by atoms with Crippen LogP contribution in [0.1, 0.15) is 54.9 Å². The summed E-state index contributed by atoms with van der Waals surface area (Å²) in [7, 11) is 0. The van der Waals surface area contributed by atoms with E-state index in [9.17, 15) is 9.59 Å². The van der Waals surface area contributed by atoms with Gasteiger partial charge in [0.2, 0.25) is 5.88 Å². The molecule has 3 aromatic heterocycles. The number of ether oxygens (including phenoxy) is 4. The fourth-order valence-corrected chi connectivity index (χ4v) is 4.11. The van der Waals surface area contributed by atoms with Crippen molar-refractivity contribution in [2.45, 2.75) is 71.8 Å². The number of pyridine rings is 2. The summed E-state index contributed by atoms with van der Waals surface area (Å²) in [6, 6.07) is 10.7. The fraction of sp³-hybridized carbons (Fsp3) is 0.406. The molecule has 0 spiro atoms. The number of aromatic nitrogens is 4. The molecule has 246 valence electrons. The summed E-state index contributed by atoms with van der Waals surface area (Å²) in [6.45, 7) is 10.8. The van der Waals surface area contributed by atoms with E-state index < -0.39 is 34.9 Å². The average Bonchev–Trinajstić information content (AvgIpc) is 3.33. The minimum Gasteiger partial charge on any atom is -0.490 e. The molecule has 11 nitrogen and oxygen atoms in total. The Labute approximate surface area is 270 Å². The summed E-state index contributed by atoms with van der Waals surface area (Å²) >= 11 is 5.91. The number of rotatable bonds is 9. The molecule has 1 aromatic carbocycles. The average molecular weight is 660 g/mol. The summed E-state index contributed by atoms with van der Waals surface area (Å²) in [6.07, 6.45) is 0.822. The Morgan fingerprint density at radius 2 is 1.63 bits per heavy atom. The second kappa shape index (κ2) is 13.5. The zero-order valence-electron chi connectivity index (χ0n) is 26.6. The van der Waals surface area contributed by atoms with Crippen molar-refractivity contribution in [1.29, 1.82) is 0 Å². The highest BCUT2D eigenvalue weighted by Gasteiger charge is 2.35. The highest BCUT2D eigenvalue weighted by molar-refractivity contribution is 6.30. The topological polar surface area (TPSA) is 117 Å². The van der Waals surface area contributed by atoms with Crippen LogP contribution in [-0.4, -0.2) is 61.9 Å². The number of nitrogens with zero attached hydrogens (tertiary/aromatic N) is 5. The number of hydrogen-bond donors (Lipinski definition) is 0. The van der Waals surface area contributed by atoms with Gasteiger partial charge in [-0.15, -0.1) is 10.00 Å². The summed E-state index contributed by atoms with van der Waals surface area (Å²) in [4.78, 5) is 34.9. The highest BCUT2D eigenvalue weighted by Crippen LogP contribution is 2.31. The molecule has 14 heteroatoms. The van der Waals surface area contributed by atoms with Crippen molar-refractivity contribution in [2.24, 2.45) is 0 Å².